The van der Waals surface area contributed by atoms with Crippen molar-refractivity contribution < 1.29 is 0 Å². The van der Waals surface area contributed by atoms with Gasteiger partial charge in [0.05, 0.1) is 5.69 Å². The monoisotopic (exact) mass is 303 g/mol. The number of hydrogen-bond donors (Lipinski definition) is 0. The maximum absolute atomic E-state index is 4.14. The molecule has 0 radical (unpaired) electrons. The average molecular weight is 303 g/mol. The molecule has 0 bridgehead atoms. The third-order valence-electron chi connectivity index (χ3n) is 1.84. The fourth-order valence-electron chi connectivity index (χ4n) is 0.973. The van der Waals surface area contributed by atoms with Gasteiger partial charge in [-0.25, -0.2) is 0 Å². The van der Waals surface area contributed by atoms with Crippen LogP contribution >= 0.6 is 22.6 Å². The van der Waals surface area contributed by atoms with Crippen molar-refractivity contribution in [1.29, 1.82) is 0 Å². The van der Waals surface area contributed by atoms with Gasteiger partial charge in [0.15, 0.2) is 0 Å². The van der Waals surface area contributed by atoms with Gasteiger partial charge in [0.25, 0.3) is 0 Å². The Kier molecular flexibility index (Phi) is 4.86. The lowest BCUT2D eigenvalue weighted by atomic mass is 10.3. The van der Waals surface area contributed by atoms with Gasteiger partial charge in [-0.05, 0) is 60.7 Å². The van der Waals surface area contributed by atoms with Crippen LogP contribution in [0.5, 0.6) is 0 Å². The van der Waals surface area contributed by atoms with Crippen LogP contribution in [0.15, 0.2) is 34.6 Å². The summed E-state index contributed by atoms with van der Waals surface area (Å²) in [6.45, 7) is 5.92. The first-order valence-corrected chi connectivity index (χ1v) is 5.76. The molecule has 0 saturated carbocycles. The molecule has 14 heavy (non-hydrogen) atoms. The van der Waals surface area contributed by atoms with Crippen LogP contribution in [0.1, 0.15) is 13.8 Å². The van der Waals surface area contributed by atoms with E-state index in [9.17, 15) is 0 Å². The molecule has 0 atom stereocenters. The van der Waals surface area contributed by atoms with Crippen molar-refractivity contribution in [3.63, 3.8) is 0 Å². The van der Waals surface area contributed by atoms with E-state index in [1.807, 2.05) is 29.3 Å². The summed E-state index contributed by atoms with van der Waals surface area (Å²) in [4.78, 5) is 0. The highest BCUT2D eigenvalue weighted by Crippen LogP contribution is 2.14. The fourth-order valence-corrected chi connectivity index (χ4v) is 1.33. The van der Waals surface area contributed by atoms with Crippen molar-refractivity contribution >= 4 is 28.3 Å². The summed E-state index contributed by atoms with van der Waals surface area (Å²) < 4.78 is 1.21. The summed E-state index contributed by atoms with van der Waals surface area (Å²) in [6, 6.07) is 7.98. The zero-order valence-electron chi connectivity index (χ0n) is 8.44. The predicted octanol–water partition coefficient (Wildman–Crippen LogP) is 3.63. The van der Waals surface area contributed by atoms with Crippen molar-refractivity contribution in [3.8, 4) is 0 Å². The first-order valence-electron chi connectivity index (χ1n) is 4.68. The zero-order valence-corrected chi connectivity index (χ0v) is 10.6. The Morgan fingerprint density at radius 3 is 2.21 bits per heavy atom. The van der Waals surface area contributed by atoms with Crippen LogP contribution in [0.25, 0.3) is 0 Å². The van der Waals surface area contributed by atoms with Crippen molar-refractivity contribution in [1.82, 2.24) is 5.01 Å². The van der Waals surface area contributed by atoms with E-state index in [1.54, 1.807) is 0 Å². The van der Waals surface area contributed by atoms with Crippen molar-refractivity contribution in [3.05, 3.63) is 27.8 Å². The minimum atomic E-state index is 0.893. The molecule has 1 aromatic rings. The van der Waals surface area contributed by atoms with Crippen molar-refractivity contribution in [2.75, 3.05) is 13.1 Å². The van der Waals surface area contributed by atoms with Gasteiger partial charge in [-0.3, -0.25) is 5.01 Å². The maximum Gasteiger partial charge on any atom is 0.0874 e. The fraction of sp³-hybridized carbons (Fsp3) is 0.400. The van der Waals surface area contributed by atoms with Crippen LogP contribution in [0.2, 0.25) is 0 Å². The second-order valence-corrected chi connectivity index (χ2v) is 4.05. The first-order chi connectivity index (χ1) is 6.76. The zero-order chi connectivity index (χ0) is 10.4. The van der Waals surface area contributed by atoms with Crippen LogP contribution < -0.4 is 0 Å². The van der Waals surface area contributed by atoms with E-state index in [4.69, 9.17) is 0 Å². The summed E-state index contributed by atoms with van der Waals surface area (Å²) in [7, 11) is 0. The highest BCUT2D eigenvalue weighted by atomic mass is 127. The lowest BCUT2D eigenvalue weighted by molar-refractivity contribution is 0.301. The number of rotatable bonds is 4. The van der Waals surface area contributed by atoms with Crippen LogP contribution in [0.4, 0.5) is 5.69 Å². The van der Waals surface area contributed by atoms with E-state index in [0.29, 0.717) is 0 Å². The SMILES string of the molecule is CCN(CC)/N=N/c1ccc(I)cc1. The lowest BCUT2D eigenvalue weighted by Crippen LogP contribution is -2.14. The van der Waals surface area contributed by atoms with Gasteiger partial charge in [-0.2, -0.15) is 0 Å². The molecule has 3 nitrogen and oxygen atoms in total. The summed E-state index contributed by atoms with van der Waals surface area (Å²) in [5.74, 6) is 0. The molecule has 0 aliphatic heterocycles. The Bertz CT molecular complexity index is 291. The van der Waals surface area contributed by atoms with Crippen LogP contribution in [-0.2, 0) is 0 Å². The van der Waals surface area contributed by atoms with Gasteiger partial charge in [-0.15, -0.1) is 5.11 Å². The maximum atomic E-state index is 4.14. The Morgan fingerprint density at radius 2 is 1.71 bits per heavy atom. The minimum Gasteiger partial charge on any atom is -0.279 e. The molecular formula is C10H14IN3. The number of benzene rings is 1. The Labute approximate surface area is 98.3 Å². The molecule has 4 heteroatoms. The van der Waals surface area contributed by atoms with E-state index in [-0.39, 0.29) is 0 Å². The summed E-state index contributed by atoms with van der Waals surface area (Å²) in [5.41, 5.74) is 0.900. The lowest BCUT2D eigenvalue weighted by Gasteiger charge is -2.10. The molecule has 0 aromatic heterocycles. The summed E-state index contributed by atoms with van der Waals surface area (Å²) in [6.07, 6.45) is 0. The highest BCUT2D eigenvalue weighted by molar-refractivity contribution is 14.1. The third-order valence-corrected chi connectivity index (χ3v) is 2.56. The standard InChI is InChI=1S/C10H14IN3/c1-3-14(4-2)13-12-10-7-5-9(11)6-8-10/h5-8H,3-4H2,1-2H3/b13-12+. The quantitative estimate of drug-likeness (QED) is 0.474. The van der Waals surface area contributed by atoms with Gasteiger partial charge in [0.1, 0.15) is 0 Å². The molecule has 0 fully saturated rings. The molecule has 1 aromatic carbocycles. The average Bonchev–Trinajstić information content (AvgIpc) is 2.22. The van der Waals surface area contributed by atoms with Crippen molar-refractivity contribution in [2.24, 2.45) is 10.3 Å². The second kappa shape index (κ2) is 5.95. The Balaban J connectivity index is 2.63. The van der Waals surface area contributed by atoms with Crippen molar-refractivity contribution in [2.45, 2.75) is 13.8 Å². The van der Waals surface area contributed by atoms with E-state index in [0.717, 1.165) is 18.8 Å². The molecule has 0 N–H and O–H groups in total. The van der Waals surface area contributed by atoms with Gasteiger partial charge in [-0.1, -0.05) is 5.22 Å². The van der Waals surface area contributed by atoms with Gasteiger partial charge in [0.2, 0.25) is 0 Å². The number of halogens is 1. The van der Waals surface area contributed by atoms with Crippen LogP contribution in [0, 0.1) is 3.57 Å². The van der Waals surface area contributed by atoms with Gasteiger partial charge < -0.3 is 0 Å². The van der Waals surface area contributed by atoms with Crippen LogP contribution in [0.3, 0.4) is 0 Å². The second-order valence-electron chi connectivity index (χ2n) is 2.80. The molecule has 0 aliphatic rings. The van der Waals surface area contributed by atoms with E-state index in [1.165, 1.54) is 3.57 Å². The third kappa shape index (κ3) is 3.61. The normalized spacial score (nSPS) is 10.8. The minimum absolute atomic E-state index is 0.893. The molecule has 0 heterocycles. The largest absolute Gasteiger partial charge is 0.279 e. The molecule has 1 rings (SSSR count). The summed E-state index contributed by atoms with van der Waals surface area (Å²) >= 11 is 2.27. The van der Waals surface area contributed by atoms with E-state index < -0.39 is 0 Å². The van der Waals surface area contributed by atoms with Gasteiger partial charge >= 0.3 is 0 Å². The molecule has 0 spiro atoms. The molecule has 0 saturated heterocycles. The number of hydrogen-bond acceptors (Lipinski definition) is 2. The summed E-state index contributed by atoms with van der Waals surface area (Å²) in [5, 5.41) is 10.2. The molecule has 0 amide bonds. The predicted molar refractivity (Wildman–Crippen MR) is 66.6 cm³/mol. The Morgan fingerprint density at radius 1 is 1.14 bits per heavy atom. The number of nitrogens with zero attached hydrogens (tertiary/aromatic N) is 3. The van der Waals surface area contributed by atoms with E-state index in [2.05, 4.69) is 46.8 Å². The smallest absolute Gasteiger partial charge is 0.0874 e. The van der Waals surface area contributed by atoms with Gasteiger partial charge in [0, 0.05) is 16.7 Å². The highest BCUT2D eigenvalue weighted by Gasteiger charge is 1.93. The molecule has 76 valence electrons. The molecule has 0 unspecified atom stereocenters. The van der Waals surface area contributed by atoms with Crippen LogP contribution in [-0.4, -0.2) is 18.1 Å². The first kappa shape index (κ1) is 11.4. The Hall–Kier alpha value is -0.650. The topological polar surface area (TPSA) is 28.0 Å². The van der Waals surface area contributed by atoms with E-state index >= 15 is 0 Å². The molecular weight excluding hydrogens is 289 g/mol. The molecule has 0 aliphatic carbocycles.